The topological polar surface area (TPSA) is 47.0 Å². The lowest BCUT2D eigenvalue weighted by molar-refractivity contribution is 0.419. The van der Waals surface area contributed by atoms with Crippen molar-refractivity contribution in [1.82, 2.24) is 15.3 Å². The van der Waals surface area contributed by atoms with E-state index in [-0.39, 0.29) is 17.4 Å². The zero-order valence-electron chi connectivity index (χ0n) is 12.8. The maximum Gasteiger partial charge on any atom is 0.321 e. The van der Waals surface area contributed by atoms with Gasteiger partial charge in [-0.25, -0.2) is 14.4 Å². The number of nitrogens with one attached hydrogen (secondary N) is 1. The number of ether oxygens (including phenoxy) is 1. The van der Waals surface area contributed by atoms with Crippen molar-refractivity contribution in [3.8, 4) is 11.8 Å². The van der Waals surface area contributed by atoms with Crippen molar-refractivity contribution in [3.63, 3.8) is 0 Å². The first kappa shape index (κ1) is 15.4. The number of aromatic nitrogens is 2. The van der Waals surface area contributed by atoms with E-state index in [2.05, 4.69) is 36.1 Å². The molecule has 0 saturated heterocycles. The molecule has 0 aliphatic heterocycles. The Morgan fingerprint density at radius 2 is 1.86 bits per heavy atom. The molecular weight excluding hydrogens is 269 g/mol. The SMILES string of the molecule is Cc1ccc(Oc2ncc(CNC(C)(C)C)cn2)cc1F. The lowest BCUT2D eigenvalue weighted by Crippen LogP contribution is -2.35. The number of hydrogen-bond acceptors (Lipinski definition) is 4. The lowest BCUT2D eigenvalue weighted by Gasteiger charge is -2.20. The van der Waals surface area contributed by atoms with E-state index in [0.717, 1.165) is 5.56 Å². The van der Waals surface area contributed by atoms with Gasteiger partial charge in [0.2, 0.25) is 0 Å². The summed E-state index contributed by atoms with van der Waals surface area (Å²) < 4.78 is 18.9. The Morgan fingerprint density at radius 1 is 1.19 bits per heavy atom. The fraction of sp³-hybridized carbons (Fsp3) is 0.375. The standard InChI is InChI=1S/C16H20FN3O/c1-11-5-6-13(7-14(11)17)21-15-18-8-12(9-19-15)10-20-16(2,3)4/h5-9,20H,10H2,1-4H3. The van der Waals surface area contributed by atoms with Gasteiger partial charge in [-0.3, -0.25) is 0 Å². The van der Waals surface area contributed by atoms with Crippen LogP contribution in [-0.2, 0) is 6.54 Å². The van der Waals surface area contributed by atoms with Crippen LogP contribution in [0.5, 0.6) is 11.8 Å². The van der Waals surface area contributed by atoms with Gasteiger partial charge in [0.1, 0.15) is 11.6 Å². The van der Waals surface area contributed by atoms with Gasteiger partial charge in [0.25, 0.3) is 0 Å². The quantitative estimate of drug-likeness (QED) is 0.934. The van der Waals surface area contributed by atoms with Crippen LogP contribution < -0.4 is 10.1 Å². The second-order valence-electron chi connectivity index (χ2n) is 5.99. The summed E-state index contributed by atoms with van der Waals surface area (Å²) in [5.74, 6) is 0.0807. The Labute approximate surface area is 124 Å². The minimum atomic E-state index is -0.307. The highest BCUT2D eigenvalue weighted by molar-refractivity contribution is 5.29. The summed E-state index contributed by atoms with van der Waals surface area (Å²) in [7, 11) is 0. The molecule has 0 unspecified atom stereocenters. The Morgan fingerprint density at radius 3 is 2.43 bits per heavy atom. The van der Waals surface area contributed by atoms with E-state index in [4.69, 9.17) is 4.74 Å². The molecule has 0 aliphatic carbocycles. The minimum Gasteiger partial charge on any atom is -0.424 e. The molecule has 4 nitrogen and oxygen atoms in total. The highest BCUT2D eigenvalue weighted by Gasteiger charge is 2.09. The smallest absolute Gasteiger partial charge is 0.321 e. The van der Waals surface area contributed by atoms with Crippen LogP contribution >= 0.6 is 0 Å². The number of benzene rings is 1. The Kier molecular flexibility index (Phi) is 4.53. The monoisotopic (exact) mass is 289 g/mol. The first-order valence-corrected chi connectivity index (χ1v) is 6.83. The molecule has 1 N–H and O–H groups in total. The van der Waals surface area contributed by atoms with E-state index >= 15 is 0 Å². The molecule has 112 valence electrons. The summed E-state index contributed by atoms with van der Waals surface area (Å²) in [5, 5.41) is 3.35. The summed E-state index contributed by atoms with van der Waals surface area (Å²) in [4.78, 5) is 8.26. The van der Waals surface area contributed by atoms with E-state index in [1.165, 1.54) is 6.07 Å². The van der Waals surface area contributed by atoms with Crippen LogP contribution in [0.25, 0.3) is 0 Å². The summed E-state index contributed by atoms with van der Waals surface area (Å²) in [6, 6.07) is 4.88. The third kappa shape index (κ3) is 4.79. The van der Waals surface area contributed by atoms with Crippen molar-refractivity contribution in [1.29, 1.82) is 0 Å². The average molecular weight is 289 g/mol. The second-order valence-corrected chi connectivity index (χ2v) is 5.99. The van der Waals surface area contributed by atoms with Gasteiger partial charge >= 0.3 is 6.01 Å². The molecule has 0 spiro atoms. The fourth-order valence-corrected chi connectivity index (χ4v) is 1.60. The molecule has 0 aliphatic rings. The largest absolute Gasteiger partial charge is 0.424 e. The van der Waals surface area contributed by atoms with Gasteiger partial charge in [-0.15, -0.1) is 0 Å². The molecule has 0 fully saturated rings. The first-order chi connectivity index (χ1) is 9.83. The zero-order valence-corrected chi connectivity index (χ0v) is 12.8. The highest BCUT2D eigenvalue weighted by atomic mass is 19.1. The highest BCUT2D eigenvalue weighted by Crippen LogP contribution is 2.20. The maximum atomic E-state index is 13.4. The lowest BCUT2D eigenvalue weighted by atomic mass is 10.1. The Balaban J connectivity index is 2.00. The fourth-order valence-electron chi connectivity index (χ4n) is 1.60. The van der Waals surface area contributed by atoms with Crippen molar-refractivity contribution < 1.29 is 9.13 Å². The Hall–Kier alpha value is -2.01. The number of halogens is 1. The normalized spacial score (nSPS) is 11.5. The van der Waals surface area contributed by atoms with Crippen LogP contribution in [0.3, 0.4) is 0 Å². The molecule has 1 aromatic carbocycles. The summed E-state index contributed by atoms with van der Waals surface area (Å²) in [5.41, 5.74) is 1.58. The predicted molar refractivity (Wildman–Crippen MR) is 79.8 cm³/mol. The molecule has 2 aromatic rings. The molecule has 0 saturated carbocycles. The average Bonchev–Trinajstić information content (AvgIpc) is 2.41. The minimum absolute atomic E-state index is 0.0363. The molecule has 0 bridgehead atoms. The zero-order chi connectivity index (χ0) is 15.5. The number of nitrogens with zero attached hydrogens (tertiary/aromatic N) is 2. The van der Waals surface area contributed by atoms with E-state index in [9.17, 15) is 4.39 Å². The van der Waals surface area contributed by atoms with Crippen LogP contribution in [0.1, 0.15) is 31.9 Å². The number of hydrogen-bond donors (Lipinski definition) is 1. The van der Waals surface area contributed by atoms with Crippen LogP contribution in [0.15, 0.2) is 30.6 Å². The third-order valence-corrected chi connectivity index (χ3v) is 2.86. The third-order valence-electron chi connectivity index (χ3n) is 2.86. The molecule has 2 rings (SSSR count). The second kappa shape index (κ2) is 6.18. The van der Waals surface area contributed by atoms with Crippen LogP contribution in [0, 0.1) is 12.7 Å². The molecule has 0 amide bonds. The van der Waals surface area contributed by atoms with Crippen molar-refractivity contribution in [3.05, 3.63) is 47.5 Å². The maximum absolute atomic E-state index is 13.4. The number of rotatable bonds is 4. The molecule has 0 atom stereocenters. The molecule has 5 heteroatoms. The summed E-state index contributed by atoms with van der Waals surface area (Å²) in [6.07, 6.45) is 3.40. The van der Waals surface area contributed by atoms with Crippen molar-refractivity contribution in [2.24, 2.45) is 0 Å². The van der Waals surface area contributed by atoms with Crippen LogP contribution in [0.4, 0.5) is 4.39 Å². The first-order valence-electron chi connectivity index (χ1n) is 6.83. The van der Waals surface area contributed by atoms with Crippen molar-refractivity contribution >= 4 is 0 Å². The van der Waals surface area contributed by atoms with Crippen LogP contribution in [0.2, 0.25) is 0 Å². The predicted octanol–water partition coefficient (Wildman–Crippen LogP) is 3.60. The molecule has 21 heavy (non-hydrogen) atoms. The van der Waals surface area contributed by atoms with Gasteiger partial charge in [0.15, 0.2) is 0 Å². The van der Waals surface area contributed by atoms with Crippen molar-refractivity contribution in [2.75, 3.05) is 0 Å². The van der Waals surface area contributed by atoms with Crippen LogP contribution in [-0.4, -0.2) is 15.5 Å². The van der Waals surface area contributed by atoms with E-state index < -0.39 is 0 Å². The summed E-state index contributed by atoms with van der Waals surface area (Å²) >= 11 is 0. The van der Waals surface area contributed by atoms with Gasteiger partial charge in [0, 0.05) is 36.1 Å². The molecular formula is C16H20FN3O. The van der Waals surface area contributed by atoms with Gasteiger partial charge in [-0.1, -0.05) is 6.07 Å². The van der Waals surface area contributed by atoms with Gasteiger partial charge < -0.3 is 10.1 Å². The van der Waals surface area contributed by atoms with E-state index in [1.807, 2.05) is 0 Å². The Bertz CT molecular complexity index is 606. The number of aryl methyl sites for hydroxylation is 1. The van der Waals surface area contributed by atoms with Gasteiger partial charge in [0.05, 0.1) is 0 Å². The molecule has 1 heterocycles. The van der Waals surface area contributed by atoms with E-state index in [0.29, 0.717) is 17.9 Å². The van der Waals surface area contributed by atoms with Gasteiger partial charge in [-0.05, 0) is 39.3 Å². The molecule has 0 radical (unpaired) electrons. The van der Waals surface area contributed by atoms with Crippen molar-refractivity contribution in [2.45, 2.75) is 39.8 Å². The van der Waals surface area contributed by atoms with E-state index in [1.54, 1.807) is 31.5 Å². The molecule has 1 aromatic heterocycles. The summed E-state index contributed by atoms with van der Waals surface area (Å²) in [6.45, 7) is 8.67. The van der Waals surface area contributed by atoms with Gasteiger partial charge in [-0.2, -0.15) is 0 Å².